The topological polar surface area (TPSA) is 24.5 Å². The molecule has 3 nitrogen and oxygen atoms in total. The van der Waals surface area contributed by atoms with Crippen LogP contribution in [-0.4, -0.2) is 44.3 Å². The number of rotatable bonds is 8. The van der Waals surface area contributed by atoms with Crippen LogP contribution in [0, 0.1) is 6.92 Å². The molecule has 1 N–H and O–H groups in total. The first-order valence-electron chi connectivity index (χ1n) is 6.71. The Labute approximate surface area is 111 Å². The van der Waals surface area contributed by atoms with Crippen LogP contribution in [0.4, 0.5) is 5.69 Å². The normalized spacial score (nSPS) is 12.7. The highest BCUT2D eigenvalue weighted by molar-refractivity contribution is 5.45. The maximum Gasteiger partial charge on any atom is 0.0615 e. The zero-order chi connectivity index (χ0) is 13.4. The molecule has 0 fully saturated rings. The van der Waals surface area contributed by atoms with E-state index in [1.165, 1.54) is 11.3 Å². The van der Waals surface area contributed by atoms with Gasteiger partial charge in [-0.3, -0.25) is 4.90 Å². The van der Waals surface area contributed by atoms with E-state index in [1.54, 1.807) is 7.11 Å². The summed E-state index contributed by atoms with van der Waals surface area (Å²) in [7, 11) is 1.76. The molecule has 0 saturated carbocycles. The monoisotopic (exact) mass is 250 g/mol. The molecule has 1 unspecified atom stereocenters. The first-order valence-corrected chi connectivity index (χ1v) is 6.71. The molecule has 3 heteroatoms. The van der Waals surface area contributed by atoms with Crippen molar-refractivity contribution in [3.63, 3.8) is 0 Å². The van der Waals surface area contributed by atoms with Crippen LogP contribution in [0.5, 0.6) is 0 Å². The van der Waals surface area contributed by atoms with E-state index in [0.717, 1.165) is 26.2 Å². The highest BCUT2D eigenvalue weighted by atomic mass is 16.5. The molecule has 0 saturated heterocycles. The maximum absolute atomic E-state index is 5.20. The number of likely N-dealkylation sites (N-methyl/N-ethyl adjacent to an activating group) is 1. The Hall–Kier alpha value is -1.06. The minimum atomic E-state index is 0.472. The second-order valence-corrected chi connectivity index (χ2v) is 4.73. The predicted molar refractivity (Wildman–Crippen MR) is 78.3 cm³/mol. The van der Waals surface area contributed by atoms with Crippen molar-refractivity contribution >= 4 is 5.69 Å². The van der Waals surface area contributed by atoms with Gasteiger partial charge < -0.3 is 10.1 Å². The fourth-order valence-electron chi connectivity index (χ4n) is 2.14. The summed E-state index contributed by atoms with van der Waals surface area (Å²) in [5.41, 5.74) is 2.49. The first kappa shape index (κ1) is 15.0. The second-order valence-electron chi connectivity index (χ2n) is 4.73. The third-order valence-electron chi connectivity index (χ3n) is 3.18. The molecule has 0 aliphatic heterocycles. The molecule has 0 heterocycles. The molecule has 1 aromatic carbocycles. The van der Waals surface area contributed by atoms with Crippen LogP contribution in [0.1, 0.15) is 19.4 Å². The van der Waals surface area contributed by atoms with Crippen LogP contribution in [0.15, 0.2) is 24.3 Å². The average Bonchev–Trinajstić information content (AvgIpc) is 2.35. The van der Waals surface area contributed by atoms with Crippen LogP contribution >= 0.6 is 0 Å². The van der Waals surface area contributed by atoms with Gasteiger partial charge in [0.25, 0.3) is 0 Å². The zero-order valence-electron chi connectivity index (χ0n) is 12.1. The highest BCUT2D eigenvalue weighted by Gasteiger charge is 2.10. The van der Waals surface area contributed by atoms with Crippen LogP contribution in [0.3, 0.4) is 0 Å². The van der Waals surface area contributed by atoms with Crippen molar-refractivity contribution in [3.8, 4) is 0 Å². The number of hydrogen-bond acceptors (Lipinski definition) is 3. The van der Waals surface area contributed by atoms with Gasteiger partial charge in [-0.1, -0.05) is 19.1 Å². The molecule has 1 aromatic rings. The molecule has 1 atom stereocenters. The van der Waals surface area contributed by atoms with Crippen molar-refractivity contribution < 1.29 is 4.74 Å². The van der Waals surface area contributed by atoms with E-state index in [-0.39, 0.29) is 0 Å². The molecule has 18 heavy (non-hydrogen) atoms. The van der Waals surface area contributed by atoms with Gasteiger partial charge in [-0.05, 0) is 38.1 Å². The molecular formula is C15H26N2O. The van der Waals surface area contributed by atoms with E-state index in [1.807, 2.05) is 0 Å². The third-order valence-corrected chi connectivity index (χ3v) is 3.18. The summed E-state index contributed by atoms with van der Waals surface area (Å²) in [5, 5.41) is 3.46. The molecule has 0 aliphatic rings. The Bertz CT molecular complexity index is 341. The molecule has 0 radical (unpaired) electrons. The summed E-state index contributed by atoms with van der Waals surface area (Å²) in [5.74, 6) is 0. The molecule has 0 bridgehead atoms. The van der Waals surface area contributed by atoms with Crippen molar-refractivity contribution in [2.45, 2.75) is 26.8 Å². The summed E-state index contributed by atoms with van der Waals surface area (Å²) < 4.78 is 5.20. The van der Waals surface area contributed by atoms with Gasteiger partial charge in [0.1, 0.15) is 0 Å². The third kappa shape index (κ3) is 5.07. The quantitative estimate of drug-likeness (QED) is 0.768. The fraction of sp³-hybridized carbons (Fsp3) is 0.600. The molecule has 0 aromatic heterocycles. The summed E-state index contributed by atoms with van der Waals surface area (Å²) >= 11 is 0. The SMILES string of the molecule is CCN(CCNc1cccc(C)c1)C(C)COC. The maximum atomic E-state index is 5.20. The van der Waals surface area contributed by atoms with Gasteiger partial charge in [-0.2, -0.15) is 0 Å². The van der Waals surface area contributed by atoms with E-state index >= 15 is 0 Å². The van der Waals surface area contributed by atoms with Gasteiger partial charge in [-0.25, -0.2) is 0 Å². The van der Waals surface area contributed by atoms with Gasteiger partial charge >= 0.3 is 0 Å². The number of nitrogens with zero attached hydrogens (tertiary/aromatic N) is 1. The molecule has 0 spiro atoms. The van der Waals surface area contributed by atoms with Gasteiger partial charge in [0.05, 0.1) is 6.61 Å². The molecule has 0 amide bonds. The van der Waals surface area contributed by atoms with Gasteiger partial charge in [-0.15, -0.1) is 0 Å². The minimum absolute atomic E-state index is 0.472. The molecular weight excluding hydrogens is 224 g/mol. The van der Waals surface area contributed by atoms with Crippen LogP contribution < -0.4 is 5.32 Å². The summed E-state index contributed by atoms with van der Waals surface area (Å²) in [6.45, 7) is 10.4. The number of methoxy groups -OCH3 is 1. The predicted octanol–water partition coefficient (Wildman–Crippen LogP) is 2.76. The molecule has 1 rings (SSSR count). The van der Waals surface area contributed by atoms with Crippen molar-refractivity contribution in [1.29, 1.82) is 0 Å². The van der Waals surface area contributed by atoms with Crippen LogP contribution in [0.2, 0.25) is 0 Å². The van der Waals surface area contributed by atoms with Crippen LogP contribution in [-0.2, 0) is 4.74 Å². The Balaban J connectivity index is 2.35. The van der Waals surface area contributed by atoms with Crippen molar-refractivity contribution in [2.75, 3.05) is 38.7 Å². The van der Waals surface area contributed by atoms with Crippen molar-refractivity contribution in [1.82, 2.24) is 4.90 Å². The van der Waals surface area contributed by atoms with Crippen molar-refractivity contribution in [3.05, 3.63) is 29.8 Å². The lowest BCUT2D eigenvalue weighted by atomic mass is 10.2. The lowest BCUT2D eigenvalue weighted by Crippen LogP contribution is -2.39. The zero-order valence-corrected chi connectivity index (χ0v) is 12.1. The summed E-state index contributed by atoms with van der Waals surface area (Å²) in [6, 6.07) is 8.96. The number of nitrogens with one attached hydrogen (secondary N) is 1. The minimum Gasteiger partial charge on any atom is -0.384 e. The average molecular weight is 250 g/mol. The van der Waals surface area contributed by atoms with Crippen LogP contribution in [0.25, 0.3) is 0 Å². The lowest BCUT2D eigenvalue weighted by molar-refractivity contribution is 0.105. The number of ether oxygens (including phenoxy) is 1. The van der Waals surface area contributed by atoms with Gasteiger partial charge in [0.2, 0.25) is 0 Å². The Morgan fingerprint density at radius 2 is 2.17 bits per heavy atom. The number of anilines is 1. The number of hydrogen-bond donors (Lipinski definition) is 1. The Kier molecular flexibility index (Phi) is 6.76. The number of aryl methyl sites for hydroxylation is 1. The van der Waals surface area contributed by atoms with Crippen molar-refractivity contribution in [2.24, 2.45) is 0 Å². The Morgan fingerprint density at radius 1 is 1.39 bits per heavy atom. The van der Waals surface area contributed by atoms with E-state index in [2.05, 4.69) is 55.3 Å². The smallest absolute Gasteiger partial charge is 0.0615 e. The fourth-order valence-corrected chi connectivity index (χ4v) is 2.14. The van der Waals surface area contributed by atoms with Gasteiger partial charge in [0, 0.05) is 31.9 Å². The molecule has 0 aliphatic carbocycles. The summed E-state index contributed by atoms with van der Waals surface area (Å²) in [6.07, 6.45) is 0. The first-order chi connectivity index (χ1) is 8.67. The van der Waals surface area contributed by atoms with E-state index < -0.39 is 0 Å². The molecule has 102 valence electrons. The lowest BCUT2D eigenvalue weighted by Gasteiger charge is -2.27. The second kappa shape index (κ2) is 8.11. The highest BCUT2D eigenvalue weighted by Crippen LogP contribution is 2.09. The summed E-state index contributed by atoms with van der Waals surface area (Å²) in [4.78, 5) is 2.42. The van der Waals surface area contributed by atoms with E-state index in [0.29, 0.717) is 6.04 Å². The van der Waals surface area contributed by atoms with E-state index in [9.17, 15) is 0 Å². The Morgan fingerprint density at radius 3 is 2.78 bits per heavy atom. The number of benzene rings is 1. The van der Waals surface area contributed by atoms with E-state index in [4.69, 9.17) is 4.74 Å². The standard InChI is InChI=1S/C15H26N2O/c1-5-17(14(3)12-18-4)10-9-16-15-8-6-7-13(2)11-15/h6-8,11,14,16H,5,9-10,12H2,1-4H3. The van der Waals surface area contributed by atoms with Gasteiger partial charge in [0.15, 0.2) is 0 Å². The largest absolute Gasteiger partial charge is 0.384 e.